The molecule has 0 bridgehead atoms. The minimum Gasteiger partial charge on any atom is -0.323 e. The summed E-state index contributed by atoms with van der Waals surface area (Å²) in [6.07, 6.45) is 6.20. The van der Waals surface area contributed by atoms with Crippen molar-refractivity contribution in [3.8, 4) is 0 Å². The van der Waals surface area contributed by atoms with Gasteiger partial charge in [-0.1, -0.05) is 32.6 Å². The van der Waals surface area contributed by atoms with Crippen LogP contribution in [0.5, 0.6) is 0 Å². The van der Waals surface area contributed by atoms with Gasteiger partial charge in [-0.15, -0.1) is 11.3 Å². The summed E-state index contributed by atoms with van der Waals surface area (Å²) in [4.78, 5) is 4.40. The fourth-order valence-electron chi connectivity index (χ4n) is 1.49. The number of aryl methyl sites for hydroxylation is 1. The van der Waals surface area contributed by atoms with Gasteiger partial charge >= 0.3 is 0 Å². The van der Waals surface area contributed by atoms with Crippen molar-refractivity contribution < 1.29 is 0 Å². The molecule has 1 atom stereocenters. The van der Waals surface area contributed by atoms with Crippen LogP contribution in [0.4, 0.5) is 0 Å². The molecule has 0 aliphatic rings. The molecule has 0 aromatic carbocycles. The molecule has 2 nitrogen and oxygen atoms in total. The van der Waals surface area contributed by atoms with Gasteiger partial charge in [-0.25, -0.2) is 4.98 Å². The monoisotopic (exact) mass is 212 g/mol. The third-order valence-electron chi connectivity index (χ3n) is 2.39. The topological polar surface area (TPSA) is 38.9 Å². The molecule has 1 unspecified atom stereocenters. The van der Waals surface area contributed by atoms with Crippen molar-refractivity contribution in [2.75, 3.05) is 0 Å². The van der Waals surface area contributed by atoms with E-state index in [1.807, 2.05) is 6.92 Å². The normalized spacial score (nSPS) is 13.1. The van der Waals surface area contributed by atoms with E-state index in [0.29, 0.717) is 0 Å². The average Bonchev–Trinajstić information content (AvgIpc) is 2.59. The van der Waals surface area contributed by atoms with Gasteiger partial charge in [-0.05, 0) is 13.3 Å². The van der Waals surface area contributed by atoms with Crippen LogP contribution in [0.2, 0.25) is 0 Å². The maximum atomic E-state index is 6.03. The van der Waals surface area contributed by atoms with Gasteiger partial charge in [0.25, 0.3) is 0 Å². The molecule has 1 heterocycles. The van der Waals surface area contributed by atoms with Crippen LogP contribution in [-0.4, -0.2) is 4.98 Å². The number of rotatable bonds is 6. The molecule has 2 N–H and O–H groups in total. The van der Waals surface area contributed by atoms with E-state index in [4.69, 9.17) is 5.73 Å². The third-order valence-corrected chi connectivity index (χ3v) is 3.18. The molecule has 1 rings (SSSR count). The van der Waals surface area contributed by atoms with Gasteiger partial charge < -0.3 is 5.73 Å². The van der Waals surface area contributed by atoms with Crippen molar-refractivity contribution in [1.82, 2.24) is 4.98 Å². The van der Waals surface area contributed by atoms with Crippen molar-refractivity contribution in [1.29, 1.82) is 0 Å². The van der Waals surface area contributed by atoms with Crippen LogP contribution >= 0.6 is 11.3 Å². The summed E-state index contributed by atoms with van der Waals surface area (Å²) in [7, 11) is 0. The second-order valence-corrected chi connectivity index (χ2v) is 4.81. The number of nitrogens with two attached hydrogens (primary N) is 1. The van der Waals surface area contributed by atoms with Crippen LogP contribution in [0, 0.1) is 6.92 Å². The Morgan fingerprint density at radius 2 is 2.21 bits per heavy atom. The standard InChI is InChI=1S/C11H20N2S/c1-3-4-5-6-7-10(12)11-8-14-9(2)13-11/h8,10H,3-7,12H2,1-2H3. The predicted octanol–water partition coefficient (Wildman–Crippen LogP) is 3.42. The largest absolute Gasteiger partial charge is 0.323 e. The highest BCUT2D eigenvalue weighted by molar-refractivity contribution is 7.09. The predicted molar refractivity (Wildman–Crippen MR) is 62.5 cm³/mol. The third kappa shape index (κ3) is 3.76. The molecule has 1 aromatic heterocycles. The van der Waals surface area contributed by atoms with Crippen LogP contribution in [-0.2, 0) is 0 Å². The lowest BCUT2D eigenvalue weighted by atomic mass is 10.1. The summed E-state index contributed by atoms with van der Waals surface area (Å²) >= 11 is 1.69. The fraction of sp³-hybridized carbons (Fsp3) is 0.727. The van der Waals surface area contributed by atoms with Crippen LogP contribution in [0.25, 0.3) is 0 Å². The van der Waals surface area contributed by atoms with Crippen LogP contribution in [0.3, 0.4) is 0 Å². The van der Waals surface area contributed by atoms with Crippen molar-refractivity contribution >= 4 is 11.3 Å². The van der Waals surface area contributed by atoms with Crippen LogP contribution < -0.4 is 5.73 Å². The number of nitrogens with zero attached hydrogens (tertiary/aromatic N) is 1. The van der Waals surface area contributed by atoms with Crippen molar-refractivity contribution in [3.63, 3.8) is 0 Å². The Hall–Kier alpha value is -0.410. The molecule has 0 saturated heterocycles. The minimum atomic E-state index is 0.150. The molecule has 14 heavy (non-hydrogen) atoms. The van der Waals surface area contributed by atoms with Gasteiger partial charge in [-0.2, -0.15) is 0 Å². The Morgan fingerprint density at radius 1 is 1.43 bits per heavy atom. The summed E-state index contributed by atoms with van der Waals surface area (Å²) in [6.45, 7) is 4.25. The van der Waals surface area contributed by atoms with E-state index < -0.39 is 0 Å². The summed E-state index contributed by atoms with van der Waals surface area (Å²) in [5, 5.41) is 3.20. The van der Waals surface area contributed by atoms with Gasteiger partial charge in [0.1, 0.15) is 0 Å². The lowest BCUT2D eigenvalue weighted by Crippen LogP contribution is -2.10. The van der Waals surface area contributed by atoms with Crippen LogP contribution in [0.1, 0.15) is 55.8 Å². The fourth-order valence-corrected chi connectivity index (χ4v) is 2.17. The molecule has 0 spiro atoms. The first-order valence-electron chi connectivity index (χ1n) is 5.41. The zero-order chi connectivity index (χ0) is 10.4. The second kappa shape index (κ2) is 6.14. The molecule has 0 amide bonds. The molecule has 1 aromatic rings. The molecule has 0 aliphatic heterocycles. The Morgan fingerprint density at radius 3 is 2.79 bits per heavy atom. The lowest BCUT2D eigenvalue weighted by Gasteiger charge is -2.07. The maximum Gasteiger partial charge on any atom is 0.0898 e. The molecule has 80 valence electrons. The minimum absolute atomic E-state index is 0.150. The average molecular weight is 212 g/mol. The zero-order valence-electron chi connectivity index (χ0n) is 9.12. The van der Waals surface area contributed by atoms with E-state index in [9.17, 15) is 0 Å². The summed E-state index contributed by atoms with van der Waals surface area (Å²) in [6, 6.07) is 0.150. The van der Waals surface area contributed by atoms with Gasteiger partial charge in [0.05, 0.1) is 10.7 Å². The first-order valence-corrected chi connectivity index (χ1v) is 6.29. The first-order chi connectivity index (χ1) is 6.74. The second-order valence-electron chi connectivity index (χ2n) is 3.75. The molecule has 0 aliphatic carbocycles. The van der Waals surface area contributed by atoms with Gasteiger partial charge in [-0.3, -0.25) is 0 Å². The van der Waals surface area contributed by atoms with Gasteiger partial charge in [0.2, 0.25) is 0 Å². The Bertz CT molecular complexity index is 258. The van der Waals surface area contributed by atoms with E-state index in [-0.39, 0.29) is 6.04 Å². The van der Waals surface area contributed by atoms with E-state index in [1.54, 1.807) is 11.3 Å². The highest BCUT2D eigenvalue weighted by Gasteiger charge is 2.08. The number of hydrogen-bond acceptors (Lipinski definition) is 3. The summed E-state index contributed by atoms with van der Waals surface area (Å²) < 4.78 is 0. The summed E-state index contributed by atoms with van der Waals surface area (Å²) in [5.74, 6) is 0. The van der Waals surface area contributed by atoms with Gasteiger partial charge in [0, 0.05) is 11.4 Å². The van der Waals surface area contributed by atoms with E-state index in [0.717, 1.165) is 17.1 Å². The highest BCUT2D eigenvalue weighted by Crippen LogP contribution is 2.19. The Labute approximate surface area is 90.6 Å². The number of hydrogen-bond donors (Lipinski definition) is 1. The first kappa shape index (κ1) is 11.7. The SMILES string of the molecule is CCCCCCC(N)c1csc(C)n1. The molecule has 0 radical (unpaired) electrons. The highest BCUT2D eigenvalue weighted by atomic mass is 32.1. The molecular weight excluding hydrogens is 192 g/mol. The smallest absolute Gasteiger partial charge is 0.0898 e. The number of thiazole rings is 1. The number of unbranched alkanes of at least 4 members (excludes halogenated alkanes) is 3. The quantitative estimate of drug-likeness (QED) is 0.734. The van der Waals surface area contributed by atoms with Crippen LogP contribution in [0.15, 0.2) is 5.38 Å². The zero-order valence-corrected chi connectivity index (χ0v) is 9.94. The van der Waals surface area contributed by atoms with Crippen molar-refractivity contribution in [2.45, 2.75) is 52.0 Å². The van der Waals surface area contributed by atoms with Crippen molar-refractivity contribution in [2.24, 2.45) is 5.73 Å². The number of aromatic nitrogens is 1. The van der Waals surface area contributed by atoms with E-state index in [2.05, 4.69) is 17.3 Å². The lowest BCUT2D eigenvalue weighted by molar-refractivity contribution is 0.559. The molecule has 0 fully saturated rings. The molecule has 3 heteroatoms. The molecular formula is C11H20N2S. The Kier molecular flexibility index (Phi) is 5.12. The maximum absolute atomic E-state index is 6.03. The van der Waals surface area contributed by atoms with Crippen molar-refractivity contribution in [3.05, 3.63) is 16.1 Å². The molecule has 0 saturated carbocycles. The Balaban J connectivity index is 2.25. The van der Waals surface area contributed by atoms with E-state index in [1.165, 1.54) is 25.7 Å². The van der Waals surface area contributed by atoms with E-state index >= 15 is 0 Å². The summed E-state index contributed by atoms with van der Waals surface area (Å²) in [5.41, 5.74) is 7.11. The van der Waals surface area contributed by atoms with Gasteiger partial charge in [0.15, 0.2) is 0 Å².